The molecule has 0 saturated carbocycles. The fourth-order valence-electron chi connectivity index (χ4n) is 4.22. The SMILES string of the molecule is COc1ccc2ncc(F)c(CCN3C[C@H](CN(C(=O)O)C(C)(C)C)[C@@H](C(N)=O)C3)c2n1. The summed E-state index contributed by atoms with van der Waals surface area (Å²) in [6, 6.07) is 3.40. The van der Waals surface area contributed by atoms with Crippen molar-refractivity contribution in [1.82, 2.24) is 19.8 Å². The standard InChI is InChI=1S/C22H30FN5O4/c1-22(2,3)28(21(30)31)11-13-10-27(12-15(13)20(24)29)8-7-14-16(23)9-25-17-5-6-18(32-4)26-19(14)17/h5-6,9,13,15H,7-8,10-12H2,1-4H3,(H2,24,29)(H,30,31)/t13-,15+/m1/s1. The molecule has 0 aromatic carbocycles. The number of hydrogen-bond donors (Lipinski definition) is 2. The molecule has 2 amide bonds. The van der Waals surface area contributed by atoms with Crippen LogP contribution in [-0.2, 0) is 11.2 Å². The first-order valence-electron chi connectivity index (χ1n) is 10.5. The number of carbonyl (C=O) groups excluding carboxylic acids is 1. The van der Waals surface area contributed by atoms with E-state index in [9.17, 15) is 19.1 Å². The third-order valence-electron chi connectivity index (χ3n) is 5.97. The highest BCUT2D eigenvalue weighted by atomic mass is 19.1. The molecule has 0 bridgehead atoms. The molecule has 32 heavy (non-hydrogen) atoms. The van der Waals surface area contributed by atoms with Gasteiger partial charge in [0.15, 0.2) is 0 Å². The molecular formula is C22H30FN5O4. The first-order valence-corrected chi connectivity index (χ1v) is 10.5. The normalized spacial score (nSPS) is 19.3. The molecule has 174 valence electrons. The Morgan fingerprint density at radius 2 is 2.06 bits per heavy atom. The molecule has 9 nitrogen and oxygen atoms in total. The van der Waals surface area contributed by atoms with E-state index in [-0.39, 0.29) is 12.5 Å². The number of amides is 2. The number of nitrogens with zero attached hydrogens (tertiary/aromatic N) is 4. The third kappa shape index (κ3) is 5.07. The van der Waals surface area contributed by atoms with Crippen molar-refractivity contribution in [2.75, 3.05) is 33.3 Å². The van der Waals surface area contributed by atoms with Gasteiger partial charge in [0.25, 0.3) is 0 Å². The number of likely N-dealkylation sites (tertiary alicyclic amines) is 1. The van der Waals surface area contributed by atoms with E-state index in [2.05, 4.69) is 9.97 Å². The molecule has 1 saturated heterocycles. The maximum atomic E-state index is 14.6. The van der Waals surface area contributed by atoms with E-state index < -0.39 is 29.3 Å². The Morgan fingerprint density at radius 1 is 1.34 bits per heavy atom. The van der Waals surface area contributed by atoms with Crippen LogP contribution in [0.5, 0.6) is 5.88 Å². The van der Waals surface area contributed by atoms with Crippen molar-refractivity contribution in [2.24, 2.45) is 17.6 Å². The summed E-state index contributed by atoms with van der Waals surface area (Å²) in [6.07, 6.45) is 0.494. The summed E-state index contributed by atoms with van der Waals surface area (Å²) in [6.45, 7) is 7.00. The number of rotatable bonds is 7. The van der Waals surface area contributed by atoms with Crippen molar-refractivity contribution in [3.05, 3.63) is 29.7 Å². The van der Waals surface area contributed by atoms with Crippen molar-refractivity contribution < 1.29 is 23.8 Å². The minimum atomic E-state index is -1.04. The van der Waals surface area contributed by atoms with Gasteiger partial charge in [-0.3, -0.25) is 9.78 Å². The number of pyridine rings is 2. The van der Waals surface area contributed by atoms with E-state index in [1.807, 2.05) is 25.7 Å². The van der Waals surface area contributed by atoms with Crippen molar-refractivity contribution in [3.63, 3.8) is 0 Å². The molecule has 3 heterocycles. The lowest BCUT2D eigenvalue weighted by molar-refractivity contribution is -0.122. The first-order chi connectivity index (χ1) is 15.0. The quantitative estimate of drug-likeness (QED) is 0.667. The van der Waals surface area contributed by atoms with Crippen molar-refractivity contribution in [1.29, 1.82) is 0 Å². The Hall–Kier alpha value is -3.01. The largest absolute Gasteiger partial charge is 0.481 e. The van der Waals surface area contributed by atoms with Gasteiger partial charge >= 0.3 is 6.09 Å². The molecule has 2 aromatic heterocycles. The minimum Gasteiger partial charge on any atom is -0.481 e. The molecule has 3 N–H and O–H groups in total. The van der Waals surface area contributed by atoms with Gasteiger partial charge in [0.1, 0.15) is 5.82 Å². The van der Waals surface area contributed by atoms with Gasteiger partial charge in [-0.05, 0) is 33.3 Å². The molecule has 1 aliphatic rings. The van der Waals surface area contributed by atoms with Crippen LogP contribution in [0.3, 0.4) is 0 Å². The molecule has 0 radical (unpaired) electrons. The maximum absolute atomic E-state index is 14.6. The van der Waals surface area contributed by atoms with E-state index in [0.29, 0.717) is 48.5 Å². The molecule has 2 atom stereocenters. The summed E-state index contributed by atoms with van der Waals surface area (Å²) in [7, 11) is 1.49. The number of primary amides is 1. The van der Waals surface area contributed by atoms with E-state index >= 15 is 0 Å². The van der Waals surface area contributed by atoms with Crippen molar-refractivity contribution in [3.8, 4) is 5.88 Å². The summed E-state index contributed by atoms with van der Waals surface area (Å²) in [5.41, 5.74) is 6.45. The zero-order valence-electron chi connectivity index (χ0n) is 18.8. The van der Waals surface area contributed by atoms with Crippen LogP contribution in [0, 0.1) is 17.7 Å². The van der Waals surface area contributed by atoms with Crippen LogP contribution in [0.1, 0.15) is 26.3 Å². The zero-order chi connectivity index (χ0) is 23.6. The summed E-state index contributed by atoms with van der Waals surface area (Å²) in [4.78, 5) is 35.6. The molecular weight excluding hydrogens is 417 g/mol. The van der Waals surface area contributed by atoms with Crippen molar-refractivity contribution in [2.45, 2.75) is 32.7 Å². The fraction of sp³-hybridized carbons (Fsp3) is 0.545. The van der Waals surface area contributed by atoms with Crippen LogP contribution < -0.4 is 10.5 Å². The van der Waals surface area contributed by atoms with Crippen LogP contribution in [0.25, 0.3) is 11.0 Å². The molecule has 0 unspecified atom stereocenters. The molecule has 2 aromatic rings. The van der Waals surface area contributed by atoms with Gasteiger partial charge in [-0.15, -0.1) is 0 Å². The highest BCUT2D eigenvalue weighted by molar-refractivity contribution is 5.79. The van der Waals surface area contributed by atoms with Gasteiger partial charge in [-0.1, -0.05) is 0 Å². The summed E-state index contributed by atoms with van der Waals surface area (Å²) >= 11 is 0. The van der Waals surface area contributed by atoms with Crippen molar-refractivity contribution >= 4 is 23.0 Å². The Balaban J connectivity index is 1.77. The molecule has 0 aliphatic carbocycles. The lowest BCUT2D eigenvalue weighted by Gasteiger charge is -2.35. The van der Waals surface area contributed by atoms with E-state index in [0.717, 1.165) is 0 Å². The van der Waals surface area contributed by atoms with Gasteiger partial charge < -0.3 is 25.4 Å². The third-order valence-corrected chi connectivity index (χ3v) is 5.97. The van der Waals surface area contributed by atoms with Crippen LogP contribution in [0.4, 0.5) is 9.18 Å². The topological polar surface area (TPSA) is 122 Å². The second-order valence-electron chi connectivity index (χ2n) is 9.15. The van der Waals surface area contributed by atoms with Crippen LogP contribution >= 0.6 is 0 Å². The highest BCUT2D eigenvalue weighted by Crippen LogP contribution is 2.28. The molecule has 0 spiro atoms. The number of carbonyl (C=O) groups is 2. The van der Waals surface area contributed by atoms with E-state index in [1.165, 1.54) is 18.2 Å². The smallest absolute Gasteiger partial charge is 0.407 e. The number of aromatic nitrogens is 2. The van der Waals surface area contributed by atoms with Gasteiger partial charge in [0, 0.05) is 49.3 Å². The van der Waals surface area contributed by atoms with Gasteiger partial charge in [-0.25, -0.2) is 14.2 Å². The van der Waals surface area contributed by atoms with Crippen LogP contribution in [0.15, 0.2) is 18.3 Å². The summed E-state index contributed by atoms with van der Waals surface area (Å²) in [5.74, 6) is -1.25. The Morgan fingerprint density at radius 3 is 2.66 bits per heavy atom. The fourth-order valence-corrected chi connectivity index (χ4v) is 4.22. The molecule has 1 aliphatic heterocycles. The summed E-state index contributed by atoms with van der Waals surface area (Å²) in [5, 5.41) is 9.62. The number of carboxylic acid groups (broad SMARTS) is 1. The Kier molecular flexibility index (Phi) is 6.82. The number of hydrogen-bond acceptors (Lipinski definition) is 6. The predicted molar refractivity (Wildman–Crippen MR) is 117 cm³/mol. The van der Waals surface area contributed by atoms with Gasteiger partial charge in [0.2, 0.25) is 11.8 Å². The minimum absolute atomic E-state index is 0.203. The van der Waals surface area contributed by atoms with Gasteiger partial charge in [-0.2, -0.15) is 0 Å². The summed E-state index contributed by atoms with van der Waals surface area (Å²) < 4.78 is 19.8. The van der Waals surface area contributed by atoms with E-state index in [4.69, 9.17) is 10.5 Å². The number of halogens is 1. The van der Waals surface area contributed by atoms with Crippen LogP contribution in [0.2, 0.25) is 0 Å². The monoisotopic (exact) mass is 447 g/mol. The average Bonchev–Trinajstić information content (AvgIpc) is 3.13. The van der Waals surface area contributed by atoms with Gasteiger partial charge in [0.05, 0.1) is 30.3 Å². The molecule has 1 fully saturated rings. The number of nitrogens with two attached hydrogens (primary N) is 1. The number of methoxy groups -OCH3 is 1. The highest BCUT2D eigenvalue weighted by Gasteiger charge is 2.40. The predicted octanol–water partition coefficient (Wildman–Crippen LogP) is 2.13. The van der Waals surface area contributed by atoms with E-state index in [1.54, 1.807) is 12.1 Å². The Labute approximate surface area is 186 Å². The van der Waals surface area contributed by atoms with Crippen LogP contribution in [-0.4, -0.2) is 75.7 Å². The average molecular weight is 448 g/mol. The maximum Gasteiger partial charge on any atom is 0.407 e. The second-order valence-corrected chi connectivity index (χ2v) is 9.15. The molecule has 10 heteroatoms. The lowest BCUT2D eigenvalue weighted by atomic mass is 9.93. The number of fused-ring (bicyclic) bond motifs is 1. The number of ether oxygens (including phenoxy) is 1. The zero-order valence-corrected chi connectivity index (χ0v) is 18.8. The molecule has 3 rings (SSSR count). The Bertz CT molecular complexity index is 1010. The first kappa shape index (κ1) is 23.6. The second kappa shape index (κ2) is 9.23. The lowest BCUT2D eigenvalue weighted by Crippen LogP contribution is -2.49.